The summed E-state index contributed by atoms with van der Waals surface area (Å²) in [5.74, 6) is -3.22. The molecule has 11 heteroatoms. The van der Waals surface area contributed by atoms with Crippen LogP contribution < -0.4 is 27.4 Å². The molecule has 1 fully saturated rings. The van der Waals surface area contributed by atoms with Gasteiger partial charge in [-0.1, -0.05) is 0 Å². The van der Waals surface area contributed by atoms with Crippen LogP contribution in [0.1, 0.15) is 19.3 Å². The summed E-state index contributed by atoms with van der Waals surface area (Å²) >= 11 is 0. The highest BCUT2D eigenvalue weighted by atomic mass is 16.4. The first-order valence-corrected chi connectivity index (χ1v) is 6.94. The van der Waals surface area contributed by atoms with Crippen molar-refractivity contribution in [1.29, 1.82) is 0 Å². The van der Waals surface area contributed by atoms with Crippen LogP contribution in [0.4, 0.5) is 0 Å². The number of aliphatic imine (C=N–C) groups is 1. The molecule has 3 amide bonds. The van der Waals surface area contributed by atoms with Crippen LogP contribution in [0.3, 0.4) is 0 Å². The highest BCUT2D eigenvalue weighted by Gasteiger charge is 2.30. The van der Waals surface area contributed by atoms with E-state index in [9.17, 15) is 19.2 Å². The Labute approximate surface area is 131 Å². The summed E-state index contributed by atoms with van der Waals surface area (Å²) in [6.45, 7) is -0.0635. The van der Waals surface area contributed by atoms with Gasteiger partial charge in [0.05, 0.1) is 13.0 Å². The predicted octanol–water partition coefficient (Wildman–Crippen LogP) is -3.39. The normalized spacial score (nSPS) is 21.8. The lowest BCUT2D eigenvalue weighted by Crippen LogP contribution is -2.51. The van der Waals surface area contributed by atoms with E-state index in [1.165, 1.54) is 0 Å². The lowest BCUT2D eigenvalue weighted by Gasteiger charge is -2.19. The fourth-order valence-corrected chi connectivity index (χ4v) is 1.96. The Morgan fingerprint density at radius 3 is 2.48 bits per heavy atom. The Kier molecular flexibility index (Phi) is 6.77. The van der Waals surface area contributed by atoms with E-state index in [4.69, 9.17) is 16.6 Å². The number of nitrogens with two attached hydrogens (primary N) is 2. The molecule has 0 spiro atoms. The van der Waals surface area contributed by atoms with E-state index in [1.54, 1.807) is 0 Å². The Balaban J connectivity index is 2.75. The number of guanidine groups is 1. The van der Waals surface area contributed by atoms with Crippen LogP contribution in [0.15, 0.2) is 4.99 Å². The summed E-state index contributed by atoms with van der Waals surface area (Å²) in [6, 6.07) is -2.14. The second-order valence-electron chi connectivity index (χ2n) is 4.95. The van der Waals surface area contributed by atoms with Gasteiger partial charge in [0.25, 0.3) is 0 Å². The van der Waals surface area contributed by atoms with Crippen LogP contribution in [-0.2, 0) is 19.2 Å². The molecule has 128 valence electrons. The highest BCUT2D eigenvalue weighted by Crippen LogP contribution is 2.03. The van der Waals surface area contributed by atoms with Gasteiger partial charge < -0.3 is 32.5 Å². The van der Waals surface area contributed by atoms with Crippen LogP contribution in [0, 0.1) is 0 Å². The van der Waals surface area contributed by atoms with Gasteiger partial charge in [-0.25, -0.2) is 0 Å². The minimum atomic E-state index is -1.24. The molecule has 11 nitrogen and oxygen atoms in total. The van der Waals surface area contributed by atoms with E-state index in [2.05, 4.69) is 20.9 Å². The number of aliphatic carboxylic acids is 1. The second kappa shape index (κ2) is 8.56. The standard InChI is InChI=1S/C12H20N6O5/c13-12(14)15-3-1-2-6-10(22)16-5-8(19)17-7(4-9(20)21)11(23)18-6/h6-7H,1-5H2,(H,16,22)(H,17,19)(H,18,23)(H,20,21)(H4,13,14,15)/t6-,7-/m0/s1. The first-order valence-electron chi connectivity index (χ1n) is 6.94. The molecule has 0 saturated carbocycles. The topological polar surface area (TPSA) is 189 Å². The third-order valence-corrected chi connectivity index (χ3v) is 3.03. The molecule has 1 saturated heterocycles. The Morgan fingerprint density at radius 2 is 1.87 bits per heavy atom. The summed E-state index contributed by atoms with van der Waals surface area (Å²) in [4.78, 5) is 50.1. The summed E-state index contributed by atoms with van der Waals surface area (Å²) in [7, 11) is 0. The molecule has 8 N–H and O–H groups in total. The average molecular weight is 328 g/mol. The van der Waals surface area contributed by atoms with Crippen molar-refractivity contribution in [2.45, 2.75) is 31.3 Å². The van der Waals surface area contributed by atoms with Gasteiger partial charge in [0.1, 0.15) is 12.1 Å². The van der Waals surface area contributed by atoms with Crippen molar-refractivity contribution < 1.29 is 24.3 Å². The molecule has 0 unspecified atom stereocenters. The van der Waals surface area contributed by atoms with Crippen molar-refractivity contribution in [3.8, 4) is 0 Å². The predicted molar refractivity (Wildman–Crippen MR) is 79.0 cm³/mol. The van der Waals surface area contributed by atoms with Crippen LogP contribution in [0.2, 0.25) is 0 Å². The molecular formula is C12H20N6O5. The van der Waals surface area contributed by atoms with Crippen molar-refractivity contribution in [3.05, 3.63) is 0 Å². The minimum Gasteiger partial charge on any atom is -0.481 e. The molecule has 0 radical (unpaired) electrons. The lowest BCUT2D eigenvalue weighted by atomic mass is 10.1. The van der Waals surface area contributed by atoms with E-state index >= 15 is 0 Å². The zero-order valence-electron chi connectivity index (χ0n) is 12.4. The molecule has 1 aliphatic rings. The molecular weight excluding hydrogens is 308 g/mol. The number of carbonyl (C=O) groups is 4. The molecule has 2 atom stereocenters. The van der Waals surface area contributed by atoms with Gasteiger partial charge in [0.15, 0.2) is 5.96 Å². The van der Waals surface area contributed by atoms with Gasteiger partial charge >= 0.3 is 5.97 Å². The number of nitrogens with one attached hydrogen (secondary N) is 3. The molecule has 0 bridgehead atoms. The Hall–Kier alpha value is -2.85. The fraction of sp³-hybridized carbons (Fsp3) is 0.583. The molecule has 0 aromatic carbocycles. The van der Waals surface area contributed by atoms with Crippen molar-refractivity contribution in [2.24, 2.45) is 16.5 Å². The van der Waals surface area contributed by atoms with Crippen LogP contribution in [0.25, 0.3) is 0 Å². The van der Waals surface area contributed by atoms with E-state index in [-0.39, 0.29) is 25.5 Å². The maximum Gasteiger partial charge on any atom is 0.305 e. The zero-order chi connectivity index (χ0) is 17.4. The Morgan fingerprint density at radius 1 is 1.17 bits per heavy atom. The maximum absolute atomic E-state index is 12.1. The number of carbonyl (C=O) groups excluding carboxylic acids is 3. The summed E-state index contributed by atoms with van der Waals surface area (Å²) in [5, 5.41) is 15.9. The molecule has 1 aliphatic heterocycles. The summed E-state index contributed by atoms with van der Waals surface area (Å²) < 4.78 is 0. The van der Waals surface area contributed by atoms with Gasteiger partial charge in [-0.15, -0.1) is 0 Å². The number of amides is 3. The molecule has 1 heterocycles. The van der Waals surface area contributed by atoms with Gasteiger partial charge in [-0.2, -0.15) is 0 Å². The fourth-order valence-electron chi connectivity index (χ4n) is 1.96. The monoisotopic (exact) mass is 328 g/mol. The Bertz CT molecular complexity index is 516. The molecule has 1 rings (SSSR count). The number of nitrogens with zero attached hydrogens (tertiary/aromatic N) is 1. The quantitative estimate of drug-likeness (QED) is 0.166. The van der Waals surface area contributed by atoms with Crippen molar-refractivity contribution in [2.75, 3.05) is 13.1 Å². The van der Waals surface area contributed by atoms with Crippen LogP contribution in [0.5, 0.6) is 0 Å². The first kappa shape index (κ1) is 18.2. The van der Waals surface area contributed by atoms with E-state index in [0.29, 0.717) is 6.42 Å². The minimum absolute atomic E-state index is 0.0794. The zero-order valence-corrected chi connectivity index (χ0v) is 12.4. The molecule has 23 heavy (non-hydrogen) atoms. The van der Waals surface area contributed by atoms with E-state index < -0.39 is 42.2 Å². The third-order valence-electron chi connectivity index (χ3n) is 3.03. The molecule has 0 aliphatic carbocycles. The largest absolute Gasteiger partial charge is 0.481 e. The van der Waals surface area contributed by atoms with E-state index in [0.717, 1.165) is 0 Å². The molecule has 0 aromatic rings. The van der Waals surface area contributed by atoms with E-state index in [1.807, 2.05) is 0 Å². The van der Waals surface area contributed by atoms with Gasteiger partial charge in [-0.05, 0) is 12.8 Å². The third kappa shape index (κ3) is 6.63. The van der Waals surface area contributed by atoms with Crippen molar-refractivity contribution in [1.82, 2.24) is 16.0 Å². The number of hydrogen-bond acceptors (Lipinski definition) is 5. The highest BCUT2D eigenvalue weighted by molar-refractivity contribution is 5.97. The average Bonchev–Trinajstić information content (AvgIpc) is 2.49. The van der Waals surface area contributed by atoms with Gasteiger partial charge in [-0.3, -0.25) is 24.2 Å². The lowest BCUT2D eigenvalue weighted by molar-refractivity contribution is -0.140. The number of rotatable bonds is 6. The van der Waals surface area contributed by atoms with Gasteiger partial charge in [0, 0.05) is 6.54 Å². The summed E-state index contributed by atoms with van der Waals surface area (Å²) in [5.41, 5.74) is 10.4. The maximum atomic E-state index is 12.1. The van der Waals surface area contributed by atoms with Crippen LogP contribution in [-0.4, -0.2) is 59.9 Å². The SMILES string of the molecule is NC(N)=NCCC[C@@H]1NC(=O)[C@H](CC(=O)O)NC(=O)CNC1=O. The number of hydrogen-bond donors (Lipinski definition) is 6. The molecule has 0 aromatic heterocycles. The first-order chi connectivity index (χ1) is 10.8. The van der Waals surface area contributed by atoms with Crippen LogP contribution >= 0.6 is 0 Å². The van der Waals surface area contributed by atoms with Crippen molar-refractivity contribution >= 4 is 29.7 Å². The van der Waals surface area contributed by atoms with Crippen molar-refractivity contribution in [3.63, 3.8) is 0 Å². The number of carboxylic acids is 1. The smallest absolute Gasteiger partial charge is 0.305 e. The second-order valence-corrected chi connectivity index (χ2v) is 4.95. The number of carboxylic acid groups (broad SMARTS) is 1. The summed E-state index contributed by atoms with van der Waals surface area (Å²) in [6.07, 6.45) is 0.0794. The van der Waals surface area contributed by atoms with Gasteiger partial charge in [0.2, 0.25) is 17.7 Å².